The van der Waals surface area contributed by atoms with Gasteiger partial charge in [-0.05, 0) is 77.4 Å². The molecule has 2 aliphatic rings. The molecule has 2 amide bonds. The third kappa shape index (κ3) is 8.20. The second kappa shape index (κ2) is 15.5. The van der Waals surface area contributed by atoms with E-state index in [2.05, 4.69) is 5.32 Å². The monoisotopic (exact) mass is 724 g/mol. The summed E-state index contributed by atoms with van der Waals surface area (Å²) >= 11 is 2.04. The minimum Gasteiger partial charge on any atom is -0.493 e. The summed E-state index contributed by atoms with van der Waals surface area (Å²) in [6, 6.07) is 7.75. The van der Waals surface area contributed by atoms with Crippen molar-refractivity contribution in [3.05, 3.63) is 56.7 Å². The molecule has 0 saturated heterocycles. The summed E-state index contributed by atoms with van der Waals surface area (Å²) < 4.78 is 23.3. The zero-order valence-corrected chi connectivity index (χ0v) is 26.7. The molecule has 0 fully saturated rings. The number of ether oxygens (including phenoxy) is 4. The first-order chi connectivity index (χ1) is 21.1. The van der Waals surface area contributed by atoms with Gasteiger partial charge in [-0.3, -0.25) is 9.59 Å². The number of Topliss-reactive ketones (excluding diaryl/α,β-unsaturated/α-hetero) is 1. The highest BCUT2D eigenvalue weighted by molar-refractivity contribution is 14.1. The summed E-state index contributed by atoms with van der Waals surface area (Å²) in [6.07, 6.45) is -0.187. The normalized spacial score (nSPS) is 18.8. The van der Waals surface area contributed by atoms with Crippen molar-refractivity contribution in [2.45, 2.75) is 64.0 Å². The molecular formula is C31H37IN2O10. The number of nitrogens with one attached hydrogen (secondary N) is 1. The molecule has 0 spiro atoms. The van der Waals surface area contributed by atoms with E-state index < -0.39 is 24.2 Å². The van der Waals surface area contributed by atoms with Crippen molar-refractivity contribution in [2.24, 2.45) is 0 Å². The van der Waals surface area contributed by atoms with E-state index in [0.717, 1.165) is 5.56 Å². The lowest BCUT2D eigenvalue weighted by Crippen LogP contribution is -2.54. The third-order valence-electron chi connectivity index (χ3n) is 7.37. The van der Waals surface area contributed by atoms with Crippen LogP contribution in [0.1, 0.15) is 43.7 Å². The zero-order valence-electron chi connectivity index (χ0n) is 24.6. The Bertz CT molecular complexity index is 1400. The summed E-state index contributed by atoms with van der Waals surface area (Å²) in [5.74, 6) is 0.948. The number of hydrogen-bond acceptors (Lipinski definition) is 10. The Morgan fingerprint density at radius 3 is 2.57 bits per heavy atom. The van der Waals surface area contributed by atoms with Crippen LogP contribution in [-0.4, -0.2) is 83.1 Å². The highest BCUT2D eigenvalue weighted by Gasteiger charge is 2.41. The number of hydrogen-bond donors (Lipinski definition) is 4. The van der Waals surface area contributed by atoms with Gasteiger partial charge in [0.1, 0.15) is 18.0 Å². The highest BCUT2D eigenvalue weighted by Crippen LogP contribution is 2.38. The number of benzene rings is 2. The number of fused-ring (bicyclic) bond motifs is 1. The van der Waals surface area contributed by atoms with Crippen LogP contribution in [0.25, 0.3) is 0 Å². The van der Waals surface area contributed by atoms with Gasteiger partial charge in [0.25, 0.3) is 0 Å². The average Bonchev–Trinajstić information content (AvgIpc) is 3.48. The van der Waals surface area contributed by atoms with Gasteiger partial charge in [0.15, 0.2) is 23.0 Å². The van der Waals surface area contributed by atoms with E-state index in [1.54, 1.807) is 30.3 Å². The summed E-state index contributed by atoms with van der Waals surface area (Å²) in [4.78, 5) is 40.0. The standard InChI is InChI=1S/C31H37IN2O10/c1-18(37)4-3-5-28(38)34(15-19-6-7-24-25(11-19)43-17-42-24)23-13-21(31(40)33-8-9-35)14-26(29(23)39)44-30-22(32)10-20(16-36)12-27(30)41-2/h6-7,10-12,14,23,26,29,35-36,39H,3-5,8-9,13,15-17H2,1-2H3,(H,33,40). The van der Waals surface area contributed by atoms with Crippen molar-refractivity contribution in [3.8, 4) is 23.0 Å². The Hall–Kier alpha value is -3.40. The summed E-state index contributed by atoms with van der Waals surface area (Å²) in [6.45, 7) is 1.19. The van der Waals surface area contributed by atoms with Crippen LogP contribution in [-0.2, 0) is 27.5 Å². The number of amides is 2. The van der Waals surface area contributed by atoms with Crippen molar-refractivity contribution in [1.82, 2.24) is 10.2 Å². The van der Waals surface area contributed by atoms with Gasteiger partial charge in [-0.25, -0.2) is 0 Å². The van der Waals surface area contributed by atoms with E-state index in [1.807, 2.05) is 22.6 Å². The molecule has 13 heteroatoms. The molecule has 1 heterocycles. The van der Waals surface area contributed by atoms with Gasteiger partial charge in [-0.1, -0.05) is 6.07 Å². The number of carbonyl (C=O) groups excluding carboxylic acids is 3. The molecule has 2 aromatic rings. The quantitative estimate of drug-likeness (QED) is 0.213. The molecular weight excluding hydrogens is 687 g/mol. The van der Waals surface area contributed by atoms with Crippen molar-refractivity contribution in [3.63, 3.8) is 0 Å². The largest absolute Gasteiger partial charge is 0.493 e. The van der Waals surface area contributed by atoms with Crippen LogP contribution in [0.3, 0.4) is 0 Å². The average molecular weight is 725 g/mol. The molecule has 0 bridgehead atoms. The lowest BCUT2D eigenvalue weighted by atomic mass is 9.87. The fourth-order valence-corrected chi connectivity index (χ4v) is 5.95. The number of aliphatic hydroxyl groups excluding tert-OH is 3. The zero-order chi connectivity index (χ0) is 31.8. The summed E-state index contributed by atoms with van der Waals surface area (Å²) in [5.41, 5.74) is 1.59. The molecule has 1 aliphatic carbocycles. The van der Waals surface area contributed by atoms with E-state index in [1.165, 1.54) is 25.0 Å². The molecule has 4 rings (SSSR count). The minimum absolute atomic E-state index is 0.0129. The molecule has 0 aromatic heterocycles. The molecule has 2 aromatic carbocycles. The summed E-state index contributed by atoms with van der Waals surface area (Å²) in [7, 11) is 1.45. The Balaban J connectivity index is 1.71. The van der Waals surface area contributed by atoms with E-state index >= 15 is 0 Å². The van der Waals surface area contributed by atoms with E-state index in [9.17, 15) is 29.7 Å². The van der Waals surface area contributed by atoms with Crippen molar-refractivity contribution < 1.29 is 48.7 Å². The number of aliphatic hydroxyl groups is 3. The third-order valence-corrected chi connectivity index (χ3v) is 8.17. The van der Waals surface area contributed by atoms with Crippen molar-refractivity contribution in [1.29, 1.82) is 0 Å². The lowest BCUT2D eigenvalue weighted by Gasteiger charge is -2.41. The molecule has 4 N–H and O–H groups in total. The van der Waals surface area contributed by atoms with Gasteiger partial charge in [0.2, 0.25) is 18.6 Å². The molecule has 1 aliphatic heterocycles. The number of methoxy groups -OCH3 is 1. The molecule has 0 saturated carbocycles. The smallest absolute Gasteiger partial charge is 0.247 e. The van der Waals surface area contributed by atoms with E-state index in [4.69, 9.17) is 18.9 Å². The second-order valence-corrected chi connectivity index (χ2v) is 11.7. The highest BCUT2D eigenvalue weighted by atomic mass is 127. The van der Waals surface area contributed by atoms with Crippen molar-refractivity contribution >= 4 is 40.2 Å². The topological polar surface area (TPSA) is 164 Å². The number of nitrogens with zero attached hydrogens (tertiary/aromatic N) is 1. The van der Waals surface area contributed by atoms with Crippen LogP contribution in [0.4, 0.5) is 0 Å². The van der Waals surface area contributed by atoms with Crippen LogP contribution < -0.4 is 24.3 Å². The van der Waals surface area contributed by atoms with E-state index in [0.29, 0.717) is 38.6 Å². The maximum absolute atomic E-state index is 13.8. The van der Waals surface area contributed by atoms with Gasteiger partial charge in [-0.2, -0.15) is 0 Å². The molecule has 44 heavy (non-hydrogen) atoms. The Morgan fingerprint density at radius 2 is 1.86 bits per heavy atom. The number of ketones is 1. The number of rotatable bonds is 14. The fraction of sp³-hybridized carbons (Fsp3) is 0.452. The van der Waals surface area contributed by atoms with Crippen LogP contribution in [0.5, 0.6) is 23.0 Å². The minimum atomic E-state index is -1.27. The molecule has 3 unspecified atom stereocenters. The lowest BCUT2D eigenvalue weighted by molar-refractivity contribution is -0.139. The van der Waals surface area contributed by atoms with Crippen LogP contribution in [0, 0.1) is 3.57 Å². The molecule has 3 atom stereocenters. The van der Waals surface area contributed by atoms with Gasteiger partial charge in [0.05, 0.1) is 29.9 Å². The Labute approximate surface area is 269 Å². The van der Waals surface area contributed by atoms with Crippen LogP contribution in [0.2, 0.25) is 0 Å². The molecule has 238 valence electrons. The van der Waals surface area contributed by atoms with Crippen LogP contribution in [0.15, 0.2) is 42.0 Å². The Morgan fingerprint density at radius 1 is 1.09 bits per heavy atom. The van der Waals surface area contributed by atoms with E-state index in [-0.39, 0.29) is 69.6 Å². The first-order valence-corrected chi connectivity index (χ1v) is 15.3. The molecule has 0 radical (unpaired) electrons. The predicted octanol–water partition coefficient (Wildman–Crippen LogP) is 2.22. The molecule has 12 nitrogen and oxygen atoms in total. The first-order valence-electron chi connectivity index (χ1n) is 14.2. The van der Waals surface area contributed by atoms with Crippen LogP contribution >= 0.6 is 22.6 Å². The van der Waals surface area contributed by atoms with Gasteiger partial charge < -0.3 is 49.3 Å². The number of halogens is 1. The number of carbonyl (C=O) groups is 3. The maximum atomic E-state index is 13.8. The van der Waals surface area contributed by atoms with Crippen molar-refractivity contribution in [2.75, 3.05) is 27.1 Å². The first kappa shape index (κ1) is 33.5. The maximum Gasteiger partial charge on any atom is 0.247 e. The summed E-state index contributed by atoms with van der Waals surface area (Å²) in [5, 5.41) is 33.3. The van der Waals surface area contributed by atoms with Gasteiger partial charge >= 0.3 is 0 Å². The SMILES string of the molecule is COc1cc(CO)cc(I)c1OC1C=C(C(=O)NCCO)CC(N(Cc2ccc3c(c2)OCO3)C(=O)CCCC(C)=O)C1O. The van der Waals surface area contributed by atoms with Gasteiger partial charge in [0, 0.05) is 37.9 Å². The predicted molar refractivity (Wildman–Crippen MR) is 166 cm³/mol. The Kier molecular flexibility index (Phi) is 11.8. The second-order valence-electron chi connectivity index (χ2n) is 10.5. The fourth-order valence-electron chi connectivity index (χ4n) is 5.15. The van der Waals surface area contributed by atoms with Gasteiger partial charge in [-0.15, -0.1) is 0 Å².